The van der Waals surface area contributed by atoms with Gasteiger partial charge in [-0.15, -0.1) is 0 Å². The Morgan fingerprint density at radius 1 is 1.52 bits per heavy atom. The third-order valence-corrected chi connectivity index (χ3v) is 3.97. The van der Waals surface area contributed by atoms with Gasteiger partial charge in [-0.25, -0.2) is 4.98 Å². The molecule has 1 amide bonds. The maximum absolute atomic E-state index is 12.7. The van der Waals surface area contributed by atoms with Gasteiger partial charge in [0, 0.05) is 25.7 Å². The molecule has 2 heterocycles. The lowest BCUT2D eigenvalue weighted by Crippen LogP contribution is -2.44. The number of carbonyl (C=O) groups is 1. The van der Waals surface area contributed by atoms with Crippen LogP contribution in [0.4, 0.5) is 11.5 Å². The maximum atomic E-state index is 12.7. The summed E-state index contributed by atoms with van der Waals surface area (Å²) in [7, 11) is 1.66. The van der Waals surface area contributed by atoms with Crippen LogP contribution in [-0.2, 0) is 0 Å². The second kappa shape index (κ2) is 6.07. The highest BCUT2D eigenvalue weighted by Gasteiger charge is 2.31. The van der Waals surface area contributed by atoms with E-state index in [1.165, 1.54) is 6.07 Å². The van der Waals surface area contributed by atoms with E-state index in [9.17, 15) is 14.9 Å². The highest BCUT2D eigenvalue weighted by molar-refractivity contribution is 5.99. The largest absolute Gasteiger partial charge is 0.373 e. The number of anilines is 1. The first-order valence-corrected chi connectivity index (χ1v) is 7.07. The Balaban J connectivity index is 2.35. The number of nitrogens with one attached hydrogen (secondary N) is 1. The fourth-order valence-electron chi connectivity index (χ4n) is 2.77. The predicted molar refractivity (Wildman–Crippen MR) is 79.3 cm³/mol. The van der Waals surface area contributed by atoms with E-state index in [0.29, 0.717) is 18.3 Å². The fourth-order valence-corrected chi connectivity index (χ4v) is 2.77. The first kappa shape index (κ1) is 15.2. The van der Waals surface area contributed by atoms with E-state index in [4.69, 9.17) is 0 Å². The lowest BCUT2D eigenvalue weighted by Gasteiger charge is -2.36. The zero-order chi connectivity index (χ0) is 15.6. The molecule has 1 aromatic rings. The van der Waals surface area contributed by atoms with Crippen LogP contribution in [0.1, 0.15) is 37.0 Å². The van der Waals surface area contributed by atoms with Gasteiger partial charge in [-0.3, -0.25) is 14.9 Å². The molecule has 1 aromatic heterocycles. The van der Waals surface area contributed by atoms with Crippen LogP contribution in [0.25, 0.3) is 0 Å². The van der Waals surface area contributed by atoms with Gasteiger partial charge in [0.05, 0.1) is 4.92 Å². The number of aromatic nitrogens is 1. The zero-order valence-electron chi connectivity index (χ0n) is 12.5. The number of rotatable bonds is 3. The summed E-state index contributed by atoms with van der Waals surface area (Å²) < 4.78 is 0. The summed E-state index contributed by atoms with van der Waals surface area (Å²) in [6, 6.07) is 1.54. The molecule has 0 saturated carbocycles. The molecule has 1 aliphatic heterocycles. The molecule has 0 aromatic carbocycles. The Kier molecular flexibility index (Phi) is 4.40. The van der Waals surface area contributed by atoms with E-state index in [1.54, 1.807) is 11.9 Å². The van der Waals surface area contributed by atoms with Gasteiger partial charge in [0.25, 0.3) is 11.6 Å². The number of amides is 1. The van der Waals surface area contributed by atoms with E-state index in [1.807, 2.05) is 6.92 Å². The molecule has 1 N–H and O–H groups in total. The Hall–Kier alpha value is -2.18. The highest BCUT2D eigenvalue weighted by atomic mass is 16.6. The molecule has 7 heteroatoms. The molecule has 2 unspecified atom stereocenters. The molecule has 0 aliphatic carbocycles. The third kappa shape index (κ3) is 3.12. The Morgan fingerprint density at radius 3 is 2.81 bits per heavy atom. The number of hydrogen-bond acceptors (Lipinski definition) is 5. The molecular formula is C14H20N4O3. The molecular weight excluding hydrogens is 272 g/mol. The maximum Gasteiger partial charge on any atom is 0.300 e. The van der Waals surface area contributed by atoms with Gasteiger partial charge in [-0.1, -0.05) is 6.92 Å². The van der Waals surface area contributed by atoms with Crippen LogP contribution >= 0.6 is 0 Å². The van der Waals surface area contributed by atoms with Gasteiger partial charge in [-0.05, 0) is 25.7 Å². The van der Waals surface area contributed by atoms with Crippen LogP contribution in [-0.4, -0.2) is 40.3 Å². The van der Waals surface area contributed by atoms with Crippen molar-refractivity contribution < 1.29 is 9.72 Å². The molecule has 21 heavy (non-hydrogen) atoms. The van der Waals surface area contributed by atoms with Gasteiger partial charge in [0.2, 0.25) is 0 Å². The summed E-state index contributed by atoms with van der Waals surface area (Å²) >= 11 is 0. The van der Waals surface area contributed by atoms with Crippen molar-refractivity contribution in [2.75, 3.05) is 18.9 Å². The van der Waals surface area contributed by atoms with Crippen molar-refractivity contribution >= 4 is 17.4 Å². The molecule has 114 valence electrons. The fraction of sp³-hybridized carbons (Fsp3) is 0.571. The monoisotopic (exact) mass is 292 g/mol. The van der Waals surface area contributed by atoms with Gasteiger partial charge in [0.1, 0.15) is 17.6 Å². The van der Waals surface area contributed by atoms with Crippen molar-refractivity contribution in [3.05, 3.63) is 27.9 Å². The van der Waals surface area contributed by atoms with E-state index in [-0.39, 0.29) is 23.2 Å². The summed E-state index contributed by atoms with van der Waals surface area (Å²) in [5.74, 6) is 0.728. The average molecular weight is 292 g/mol. The summed E-state index contributed by atoms with van der Waals surface area (Å²) in [4.78, 5) is 28.9. The highest BCUT2D eigenvalue weighted by Crippen LogP contribution is 2.27. The quantitative estimate of drug-likeness (QED) is 0.682. The predicted octanol–water partition coefficient (Wildman–Crippen LogP) is 2.29. The van der Waals surface area contributed by atoms with Crippen molar-refractivity contribution in [3.8, 4) is 0 Å². The minimum Gasteiger partial charge on any atom is -0.373 e. The van der Waals surface area contributed by atoms with E-state index < -0.39 is 4.92 Å². The molecule has 0 spiro atoms. The number of likely N-dealkylation sites (tertiary alicyclic amines) is 1. The molecule has 7 nitrogen and oxygen atoms in total. The van der Waals surface area contributed by atoms with Crippen LogP contribution in [0.2, 0.25) is 0 Å². The minimum atomic E-state index is -0.559. The number of piperidine rings is 1. The Morgan fingerprint density at radius 2 is 2.24 bits per heavy atom. The summed E-state index contributed by atoms with van der Waals surface area (Å²) in [5, 5.41) is 13.9. The topological polar surface area (TPSA) is 88.4 Å². The lowest BCUT2D eigenvalue weighted by atomic mass is 9.93. The van der Waals surface area contributed by atoms with Gasteiger partial charge >= 0.3 is 0 Å². The molecule has 1 saturated heterocycles. The van der Waals surface area contributed by atoms with Crippen molar-refractivity contribution in [1.82, 2.24) is 9.88 Å². The van der Waals surface area contributed by atoms with Crippen molar-refractivity contribution in [2.45, 2.75) is 32.7 Å². The van der Waals surface area contributed by atoms with Crippen LogP contribution < -0.4 is 5.32 Å². The Bertz CT molecular complexity index is 561. The molecule has 0 radical (unpaired) electrons. The smallest absolute Gasteiger partial charge is 0.300 e. The van der Waals surface area contributed by atoms with Crippen LogP contribution in [0.3, 0.4) is 0 Å². The van der Waals surface area contributed by atoms with Gasteiger partial charge in [-0.2, -0.15) is 0 Å². The molecule has 0 bridgehead atoms. The van der Waals surface area contributed by atoms with Crippen LogP contribution in [0, 0.1) is 16.0 Å². The average Bonchev–Trinajstić information content (AvgIpc) is 2.45. The van der Waals surface area contributed by atoms with E-state index >= 15 is 0 Å². The second-order valence-corrected chi connectivity index (χ2v) is 5.57. The Labute approximate surface area is 123 Å². The van der Waals surface area contributed by atoms with Crippen LogP contribution in [0.5, 0.6) is 0 Å². The number of carbonyl (C=O) groups excluding carboxylic acids is 1. The molecule has 2 rings (SSSR count). The SMILES string of the molecule is CNc1cc(C(=O)N2CCC(C)CC2C)c([N+](=O)[O-])cn1. The summed E-state index contributed by atoms with van der Waals surface area (Å²) in [6.07, 6.45) is 2.98. The molecule has 1 fully saturated rings. The van der Waals surface area contributed by atoms with E-state index in [2.05, 4.69) is 17.2 Å². The number of hydrogen-bond donors (Lipinski definition) is 1. The number of nitrogens with zero attached hydrogens (tertiary/aromatic N) is 3. The van der Waals surface area contributed by atoms with Gasteiger partial charge in [0.15, 0.2) is 0 Å². The first-order valence-electron chi connectivity index (χ1n) is 7.07. The number of nitro groups is 1. The first-order chi connectivity index (χ1) is 9.93. The van der Waals surface area contributed by atoms with Crippen LogP contribution in [0.15, 0.2) is 12.3 Å². The summed E-state index contributed by atoms with van der Waals surface area (Å²) in [5.41, 5.74) is -0.148. The lowest BCUT2D eigenvalue weighted by molar-refractivity contribution is -0.385. The van der Waals surface area contributed by atoms with Gasteiger partial charge < -0.3 is 10.2 Å². The van der Waals surface area contributed by atoms with Crippen molar-refractivity contribution in [2.24, 2.45) is 5.92 Å². The van der Waals surface area contributed by atoms with Crippen molar-refractivity contribution in [3.63, 3.8) is 0 Å². The molecule has 2 atom stereocenters. The third-order valence-electron chi connectivity index (χ3n) is 3.97. The van der Waals surface area contributed by atoms with E-state index in [0.717, 1.165) is 19.0 Å². The second-order valence-electron chi connectivity index (χ2n) is 5.57. The molecule has 1 aliphatic rings. The number of pyridine rings is 1. The minimum absolute atomic E-state index is 0.0899. The summed E-state index contributed by atoms with van der Waals surface area (Å²) in [6.45, 7) is 4.78. The normalized spacial score (nSPS) is 22.0. The zero-order valence-corrected chi connectivity index (χ0v) is 12.5. The standard InChI is InChI=1S/C14H20N4O3/c1-9-4-5-17(10(2)6-9)14(19)11-7-13(15-3)16-8-12(11)18(20)21/h7-10H,4-6H2,1-3H3,(H,15,16). The van der Waals surface area contributed by atoms with Crippen molar-refractivity contribution in [1.29, 1.82) is 0 Å².